The highest BCUT2D eigenvalue weighted by Gasteiger charge is 2.16. The minimum Gasteiger partial charge on any atom is -0.497 e. The number of aromatic nitrogens is 4. The van der Waals surface area contributed by atoms with Crippen LogP contribution in [0.15, 0.2) is 64.3 Å². The van der Waals surface area contributed by atoms with E-state index in [9.17, 15) is 14.0 Å². The minimum absolute atomic E-state index is 0.166. The molecule has 2 aromatic carbocycles. The fourth-order valence-corrected chi connectivity index (χ4v) is 3.30. The summed E-state index contributed by atoms with van der Waals surface area (Å²) in [5.41, 5.74) is 0.137. The number of halogens is 1. The van der Waals surface area contributed by atoms with Crippen LogP contribution in [0, 0.1) is 5.82 Å². The summed E-state index contributed by atoms with van der Waals surface area (Å²) >= 11 is 0. The van der Waals surface area contributed by atoms with E-state index in [0.717, 1.165) is 10.1 Å². The number of rotatable bonds is 5. The third-order valence-corrected chi connectivity index (χ3v) is 4.91. The molecule has 8 heteroatoms. The van der Waals surface area contributed by atoms with E-state index in [-0.39, 0.29) is 23.1 Å². The van der Waals surface area contributed by atoms with Gasteiger partial charge in [0.2, 0.25) is 0 Å². The van der Waals surface area contributed by atoms with Crippen molar-refractivity contribution in [2.45, 2.75) is 20.0 Å². The van der Waals surface area contributed by atoms with Crippen LogP contribution in [0.4, 0.5) is 4.39 Å². The van der Waals surface area contributed by atoms with Crippen molar-refractivity contribution in [3.63, 3.8) is 0 Å². The van der Waals surface area contributed by atoms with Crippen molar-refractivity contribution in [1.82, 2.24) is 19.1 Å². The van der Waals surface area contributed by atoms with Crippen molar-refractivity contribution in [3.8, 4) is 17.1 Å². The van der Waals surface area contributed by atoms with Crippen LogP contribution < -0.4 is 16.0 Å². The Hall–Kier alpha value is -3.81. The number of hydrogen-bond acceptors (Lipinski definition) is 5. The van der Waals surface area contributed by atoms with Gasteiger partial charge in [-0.1, -0.05) is 18.2 Å². The zero-order valence-electron chi connectivity index (χ0n) is 16.5. The van der Waals surface area contributed by atoms with Crippen LogP contribution in [-0.4, -0.2) is 26.2 Å². The molecular formula is C22H19FN4O3. The Kier molecular flexibility index (Phi) is 5.14. The van der Waals surface area contributed by atoms with Gasteiger partial charge in [0.1, 0.15) is 17.0 Å². The van der Waals surface area contributed by atoms with Crippen LogP contribution in [0.25, 0.3) is 22.4 Å². The van der Waals surface area contributed by atoms with Crippen molar-refractivity contribution >= 4 is 11.0 Å². The van der Waals surface area contributed by atoms with Gasteiger partial charge in [-0.2, -0.15) is 0 Å². The smallest absolute Gasteiger partial charge is 0.332 e. The molecule has 0 atom stereocenters. The van der Waals surface area contributed by atoms with Gasteiger partial charge in [0.15, 0.2) is 11.5 Å². The number of methoxy groups -OCH3 is 1. The summed E-state index contributed by atoms with van der Waals surface area (Å²) in [6, 6.07) is 13.2. The monoisotopic (exact) mass is 406 g/mol. The molecule has 0 aliphatic carbocycles. The number of hydrogen-bond donors (Lipinski definition) is 0. The molecule has 7 nitrogen and oxygen atoms in total. The molecule has 0 N–H and O–H groups in total. The Morgan fingerprint density at radius 1 is 1.03 bits per heavy atom. The van der Waals surface area contributed by atoms with Gasteiger partial charge in [-0.3, -0.25) is 13.9 Å². The van der Waals surface area contributed by atoms with E-state index in [1.165, 1.54) is 16.8 Å². The van der Waals surface area contributed by atoms with Crippen molar-refractivity contribution < 1.29 is 9.13 Å². The highest BCUT2D eigenvalue weighted by molar-refractivity contribution is 5.75. The molecule has 0 fully saturated rings. The van der Waals surface area contributed by atoms with Crippen molar-refractivity contribution in [3.05, 3.63) is 86.9 Å². The summed E-state index contributed by atoms with van der Waals surface area (Å²) in [5.74, 6) is 0.608. The molecular weight excluding hydrogens is 387 g/mol. The van der Waals surface area contributed by atoms with E-state index in [4.69, 9.17) is 4.74 Å². The zero-order chi connectivity index (χ0) is 21.3. The summed E-state index contributed by atoms with van der Waals surface area (Å²) in [6.07, 6.45) is 1.41. The topological polar surface area (TPSA) is 79.0 Å². The van der Waals surface area contributed by atoms with Crippen LogP contribution in [0.5, 0.6) is 5.75 Å². The predicted molar refractivity (Wildman–Crippen MR) is 111 cm³/mol. The third kappa shape index (κ3) is 3.36. The molecule has 0 spiro atoms. The Balaban J connectivity index is 1.88. The maximum atomic E-state index is 14.1. The molecule has 152 valence electrons. The molecule has 0 saturated heterocycles. The Morgan fingerprint density at radius 2 is 1.77 bits per heavy atom. The molecule has 0 aliphatic rings. The van der Waals surface area contributed by atoms with Crippen LogP contribution in [0.1, 0.15) is 12.5 Å². The number of fused-ring (bicyclic) bond motifs is 1. The molecule has 0 unspecified atom stereocenters. The first-order valence-electron chi connectivity index (χ1n) is 9.41. The maximum Gasteiger partial charge on any atom is 0.332 e. The molecule has 4 aromatic rings. The maximum absolute atomic E-state index is 14.1. The molecule has 0 saturated carbocycles. The van der Waals surface area contributed by atoms with Crippen molar-refractivity contribution in [1.29, 1.82) is 0 Å². The van der Waals surface area contributed by atoms with Gasteiger partial charge in [-0.15, -0.1) is 0 Å². The van der Waals surface area contributed by atoms with Crippen molar-refractivity contribution in [2.75, 3.05) is 7.11 Å². The lowest BCUT2D eigenvalue weighted by Gasteiger charge is -2.13. The van der Waals surface area contributed by atoms with E-state index >= 15 is 0 Å². The van der Waals surface area contributed by atoms with Gasteiger partial charge in [-0.05, 0) is 37.3 Å². The summed E-state index contributed by atoms with van der Waals surface area (Å²) in [5, 5.41) is 0.199. The second-order valence-electron chi connectivity index (χ2n) is 6.67. The fourth-order valence-electron chi connectivity index (χ4n) is 3.30. The van der Waals surface area contributed by atoms with Crippen LogP contribution >= 0.6 is 0 Å². The first-order valence-corrected chi connectivity index (χ1v) is 9.41. The predicted octanol–water partition coefficient (Wildman–Crippen LogP) is 2.84. The first kappa shape index (κ1) is 19.5. The SMILES string of the molecule is CCn1c(=O)n(Cc2ccccc2F)c(=O)c2cnc(-c3ccc(OC)cc3)nc21. The quantitative estimate of drug-likeness (QED) is 0.509. The number of aryl methyl sites for hydroxylation is 1. The second kappa shape index (κ2) is 7.90. The lowest BCUT2D eigenvalue weighted by molar-refractivity contribution is 0.415. The van der Waals surface area contributed by atoms with E-state index in [0.29, 0.717) is 18.1 Å². The van der Waals surface area contributed by atoms with Crippen LogP contribution in [0.3, 0.4) is 0 Å². The Bertz CT molecular complexity index is 1340. The number of ether oxygens (including phenoxy) is 1. The molecule has 0 aliphatic heterocycles. The third-order valence-electron chi connectivity index (χ3n) is 4.91. The largest absolute Gasteiger partial charge is 0.497 e. The average Bonchev–Trinajstić information content (AvgIpc) is 2.78. The van der Waals surface area contributed by atoms with Gasteiger partial charge in [-0.25, -0.2) is 19.2 Å². The molecule has 0 radical (unpaired) electrons. The standard InChI is InChI=1S/C22H19FN4O3/c1-3-26-20-17(12-24-19(25-20)14-8-10-16(30-2)11-9-14)21(28)27(22(26)29)13-15-6-4-5-7-18(15)23/h4-12H,3,13H2,1-2H3. The van der Waals surface area contributed by atoms with Gasteiger partial charge >= 0.3 is 5.69 Å². The van der Waals surface area contributed by atoms with E-state index in [1.54, 1.807) is 56.5 Å². The second-order valence-corrected chi connectivity index (χ2v) is 6.67. The van der Waals surface area contributed by atoms with Crippen LogP contribution in [-0.2, 0) is 13.1 Å². The fraction of sp³-hybridized carbons (Fsp3) is 0.182. The van der Waals surface area contributed by atoms with Crippen molar-refractivity contribution in [2.24, 2.45) is 0 Å². The summed E-state index contributed by atoms with van der Waals surface area (Å²) in [6.45, 7) is 1.92. The summed E-state index contributed by atoms with van der Waals surface area (Å²) < 4.78 is 21.6. The highest BCUT2D eigenvalue weighted by Crippen LogP contribution is 2.20. The van der Waals surface area contributed by atoms with Crippen LogP contribution in [0.2, 0.25) is 0 Å². The molecule has 2 aromatic heterocycles. The van der Waals surface area contributed by atoms with E-state index in [2.05, 4.69) is 9.97 Å². The van der Waals surface area contributed by atoms with Gasteiger partial charge < -0.3 is 4.74 Å². The molecule has 2 heterocycles. The Morgan fingerprint density at radius 3 is 2.43 bits per heavy atom. The van der Waals surface area contributed by atoms with E-state index < -0.39 is 17.1 Å². The first-order chi connectivity index (χ1) is 14.5. The van der Waals surface area contributed by atoms with Gasteiger partial charge in [0, 0.05) is 23.9 Å². The summed E-state index contributed by atoms with van der Waals surface area (Å²) in [4.78, 5) is 34.8. The number of nitrogens with zero attached hydrogens (tertiary/aromatic N) is 4. The summed E-state index contributed by atoms with van der Waals surface area (Å²) in [7, 11) is 1.58. The zero-order valence-corrected chi connectivity index (χ0v) is 16.5. The van der Waals surface area contributed by atoms with E-state index in [1.807, 2.05) is 0 Å². The number of benzene rings is 2. The average molecular weight is 406 g/mol. The molecule has 4 rings (SSSR count). The van der Waals surface area contributed by atoms with Gasteiger partial charge in [0.05, 0.1) is 13.7 Å². The lowest BCUT2D eigenvalue weighted by atomic mass is 10.2. The lowest BCUT2D eigenvalue weighted by Crippen LogP contribution is -2.40. The molecule has 30 heavy (non-hydrogen) atoms. The minimum atomic E-state index is -0.552. The Labute approximate surface area is 171 Å². The highest BCUT2D eigenvalue weighted by atomic mass is 19.1. The normalized spacial score (nSPS) is 11.0. The molecule has 0 bridgehead atoms. The molecule has 0 amide bonds. The van der Waals surface area contributed by atoms with Gasteiger partial charge in [0.25, 0.3) is 5.56 Å².